The number of hydrogen-bond acceptors (Lipinski definition) is 5. The van der Waals surface area contributed by atoms with E-state index in [0.717, 1.165) is 3.95 Å². The Labute approximate surface area is 147 Å². The summed E-state index contributed by atoms with van der Waals surface area (Å²) in [6, 6.07) is 5.15. The minimum atomic E-state index is -3.99. The zero-order valence-corrected chi connectivity index (χ0v) is 15.6. The van der Waals surface area contributed by atoms with Crippen LogP contribution in [0.1, 0.15) is 19.8 Å². The van der Waals surface area contributed by atoms with E-state index in [0.29, 0.717) is 28.7 Å². The van der Waals surface area contributed by atoms with Crippen LogP contribution in [0.5, 0.6) is 0 Å². The Balaban J connectivity index is 0.000000459. The van der Waals surface area contributed by atoms with E-state index in [1.165, 1.54) is 0 Å². The number of hydrogen-bond donors (Lipinski definition) is 2. The Morgan fingerprint density at radius 2 is 1.74 bits per heavy atom. The van der Waals surface area contributed by atoms with Crippen LogP contribution in [-0.2, 0) is 20.6 Å². The van der Waals surface area contributed by atoms with E-state index >= 15 is 0 Å². The van der Waals surface area contributed by atoms with E-state index < -0.39 is 26.4 Å². The molecular formula is C12H19Cl2N2O5S2+. The molecule has 0 bridgehead atoms. The molecule has 0 saturated carbocycles. The molecule has 1 rings (SSSR count). The fraction of sp³-hybridized carbons (Fsp3) is 0.500. The number of anilines is 1. The molecule has 0 atom stereocenters. The minimum Gasteiger partial charge on any atom is -0.396 e. The maximum atomic E-state index is 10.6. The van der Waals surface area contributed by atoms with Crippen molar-refractivity contribution in [3.8, 4) is 0 Å². The van der Waals surface area contributed by atoms with Crippen LogP contribution in [-0.4, -0.2) is 44.2 Å². The van der Waals surface area contributed by atoms with Crippen molar-refractivity contribution in [2.45, 2.75) is 19.8 Å². The smallest absolute Gasteiger partial charge is 0.396 e. The maximum Gasteiger partial charge on any atom is 0.458 e. The number of halogens is 2. The van der Waals surface area contributed by atoms with Gasteiger partial charge < -0.3 is 5.73 Å². The third-order valence-electron chi connectivity index (χ3n) is 2.49. The van der Waals surface area contributed by atoms with E-state index in [1.807, 2.05) is 6.92 Å². The van der Waals surface area contributed by atoms with Crippen LogP contribution in [0.2, 0.25) is 10.0 Å². The number of rotatable bonds is 6. The first-order chi connectivity index (χ1) is 10.6. The van der Waals surface area contributed by atoms with E-state index in [4.69, 9.17) is 33.5 Å². The predicted molar refractivity (Wildman–Crippen MR) is 91.1 cm³/mol. The molecule has 0 heterocycles. The summed E-state index contributed by atoms with van der Waals surface area (Å²) in [6.07, 6.45) is 0.771. The van der Waals surface area contributed by atoms with Gasteiger partial charge in [-0.15, -0.1) is 12.4 Å². The van der Waals surface area contributed by atoms with Gasteiger partial charge in [0.25, 0.3) is 10.1 Å². The second kappa shape index (κ2) is 10.8. The third-order valence-corrected chi connectivity index (χ3v) is 4.74. The van der Waals surface area contributed by atoms with Gasteiger partial charge in [0.1, 0.15) is 0 Å². The molecule has 0 unspecified atom stereocenters. The molecule has 1 aromatic rings. The molecule has 3 N–H and O–H groups in total. The molecule has 0 saturated heterocycles. The minimum absolute atomic E-state index is 0.104. The van der Waals surface area contributed by atoms with Gasteiger partial charge >= 0.3 is 10.5 Å². The average molecular weight is 406 g/mol. The van der Waals surface area contributed by atoms with Gasteiger partial charge in [-0.05, 0) is 12.1 Å². The van der Waals surface area contributed by atoms with Crippen molar-refractivity contribution in [2.24, 2.45) is 0 Å². The lowest BCUT2D eigenvalue weighted by Gasteiger charge is -1.96. The molecule has 0 aromatic heterocycles. The fourth-order valence-electron chi connectivity index (χ4n) is 1.44. The molecule has 11 heteroatoms. The number of benzene rings is 1. The Hall–Kier alpha value is -0.870. The Morgan fingerprint density at radius 1 is 1.22 bits per heavy atom. The second-order valence-corrected chi connectivity index (χ2v) is 7.76. The zero-order chi connectivity index (χ0) is 18.0. The first kappa shape index (κ1) is 22.1. The van der Waals surface area contributed by atoms with Crippen LogP contribution < -0.4 is 5.73 Å². The van der Waals surface area contributed by atoms with Gasteiger partial charge in [-0.2, -0.15) is 8.42 Å². The summed E-state index contributed by atoms with van der Waals surface area (Å²) >= 11 is 11.2. The molecule has 0 aliphatic carbocycles. The van der Waals surface area contributed by atoms with Crippen LogP contribution in [0.15, 0.2) is 18.2 Å². The topological polar surface area (TPSA) is 118 Å². The van der Waals surface area contributed by atoms with Crippen molar-refractivity contribution in [3.05, 3.63) is 28.2 Å². The maximum absolute atomic E-state index is 10.6. The quantitative estimate of drug-likeness (QED) is 0.425. The SMILES string of the molecule is CCC[N+](CCCS(=O)(=O)O)=S(=O)=O.Nc1c(Cl)cccc1Cl. The first-order valence-electron chi connectivity index (χ1n) is 6.57. The standard InChI is InChI=1S/C6H5Cl2N.C6H13NO5S2/c7-4-2-1-3-5(8)6(4)9;1-2-4-7(13(8)9)5-3-6-14(10,11)12/h1-3H,9H2;2-6H2,1H3/p+1. The molecule has 132 valence electrons. The van der Waals surface area contributed by atoms with E-state index in [9.17, 15) is 16.8 Å². The Kier molecular flexibility index (Phi) is 10.4. The normalized spacial score (nSPS) is 10.6. The molecule has 1 aromatic carbocycles. The molecule has 0 radical (unpaired) electrons. The van der Waals surface area contributed by atoms with Gasteiger partial charge in [-0.3, -0.25) is 4.55 Å². The van der Waals surface area contributed by atoms with Crippen LogP contribution in [0, 0.1) is 0 Å². The van der Waals surface area contributed by atoms with Crippen molar-refractivity contribution in [1.29, 1.82) is 0 Å². The molecule has 0 amide bonds. The molecule has 23 heavy (non-hydrogen) atoms. The van der Waals surface area contributed by atoms with E-state index in [2.05, 4.69) is 0 Å². The first-order valence-corrected chi connectivity index (χ1v) is 9.97. The van der Waals surface area contributed by atoms with Gasteiger partial charge in [-0.25, -0.2) is 0 Å². The van der Waals surface area contributed by atoms with Crippen LogP contribution in [0.4, 0.5) is 5.69 Å². The number of nitrogens with zero attached hydrogens (tertiary/aromatic N) is 1. The van der Waals surface area contributed by atoms with Crippen LogP contribution >= 0.6 is 23.2 Å². The van der Waals surface area contributed by atoms with Crippen molar-refractivity contribution < 1.29 is 25.3 Å². The highest BCUT2D eigenvalue weighted by Gasteiger charge is 2.10. The van der Waals surface area contributed by atoms with Crippen molar-refractivity contribution >= 4 is 49.5 Å². The highest BCUT2D eigenvalue weighted by molar-refractivity contribution is 7.85. The van der Waals surface area contributed by atoms with Gasteiger partial charge in [0.05, 0.1) is 21.5 Å². The van der Waals surface area contributed by atoms with Crippen molar-refractivity contribution in [2.75, 3.05) is 24.6 Å². The van der Waals surface area contributed by atoms with Gasteiger partial charge in [-0.1, -0.05) is 36.2 Å². The largest absolute Gasteiger partial charge is 0.458 e. The molecular weight excluding hydrogens is 387 g/mol. The Morgan fingerprint density at radius 3 is 2.09 bits per heavy atom. The van der Waals surface area contributed by atoms with Crippen LogP contribution in [0.25, 0.3) is 0 Å². The van der Waals surface area contributed by atoms with E-state index in [1.54, 1.807) is 18.2 Å². The van der Waals surface area contributed by atoms with Gasteiger partial charge in [0, 0.05) is 12.8 Å². The fourth-order valence-corrected chi connectivity index (χ4v) is 2.95. The van der Waals surface area contributed by atoms with Crippen molar-refractivity contribution in [1.82, 2.24) is 0 Å². The number of para-hydroxylation sites is 1. The van der Waals surface area contributed by atoms with Gasteiger partial charge in [0.2, 0.25) is 0 Å². The molecule has 0 aliphatic heterocycles. The Bertz CT molecular complexity index is 720. The predicted octanol–water partition coefficient (Wildman–Crippen LogP) is 2.33. The molecule has 7 nitrogen and oxygen atoms in total. The van der Waals surface area contributed by atoms with Crippen molar-refractivity contribution in [3.63, 3.8) is 0 Å². The summed E-state index contributed by atoms with van der Waals surface area (Å²) in [7, 11) is -6.31. The lowest BCUT2D eigenvalue weighted by atomic mass is 10.3. The monoisotopic (exact) mass is 405 g/mol. The average Bonchev–Trinajstić information content (AvgIpc) is 2.43. The second-order valence-electron chi connectivity index (χ2n) is 4.42. The summed E-state index contributed by atoms with van der Waals surface area (Å²) in [5.41, 5.74) is 5.86. The zero-order valence-electron chi connectivity index (χ0n) is 12.4. The highest BCUT2D eigenvalue weighted by atomic mass is 35.5. The summed E-state index contributed by atoms with van der Waals surface area (Å²) in [4.78, 5) is 0. The summed E-state index contributed by atoms with van der Waals surface area (Å²) in [5, 5.41) is 1.00. The third kappa shape index (κ3) is 10.5. The lowest BCUT2D eigenvalue weighted by Crippen LogP contribution is -2.17. The molecule has 0 fully saturated rings. The number of nitrogens with two attached hydrogens (primary N) is 1. The summed E-state index contributed by atoms with van der Waals surface area (Å²) in [6.45, 7) is 2.30. The molecule has 0 aliphatic rings. The summed E-state index contributed by atoms with van der Waals surface area (Å²) in [5.74, 6) is -0.412. The molecule has 0 spiro atoms. The van der Waals surface area contributed by atoms with E-state index in [-0.39, 0.29) is 13.0 Å². The van der Waals surface area contributed by atoms with Gasteiger partial charge in [0.15, 0.2) is 13.1 Å². The highest BCUT2D eigenvalue weighted by Crippen LogP contribution is 2.25. The summed E-state index contributed by atoms with van der Waals surface area (Å²) < 4.78 is 51.3. The van der Waals surface area contributed by atoms with Crippen LogP contribution in [0.3, 0.4) is 0 Å². The lowest BCUT2D eigenvalue weighted by molar-refractivity contribution is -0.503. The number of nitrogen functional groups attached to an aromatic ring is 1.